The largest absolute Gasteiger partial charge is 0.494 e. The molecule has 0 spiro atoms. The molecule has 0 aliphatic carbocycles. The molecule has 6 nitrogen and oxygen atoms in total. The molecule has 1 atom stereocenters. The second-order valence-electron chi connectivity index (χ2n) is 5.36. The Balaban J connectivity index is 2.08. The van der Waals surface area contributed by atoms with E-state index in [-0.39, 0.29) is 4.90 Å². The third-order valence-electron chi connectivity index (χ3n) is 3.36. The summed E-state index contributed by atoms with van der Waals surface area (Å²) in [5, 5.41) is 3.24. The molecular weight excluding hydrogens is 399 g/mol. The number of amides is 1. The molecule has 0 aromatic heterocycles. The van der Waals surface area contributed by atoms with Crippen molar-refractivity contribution >= 4 is 44.8 Å². The molecule has 0 saturated carbocycles. The Morgan fingerprint density at radius 1 is 1.15 bits per heavy atom. The first-order valence-electron chi connectivity index (χ1n) is 7.74. The average Bonchev–Trinajstić information content (AvgIpc) is 2.58. The quantitative estimate of drug-likeness (QED) is 0.720. The predicted octanol–water partition coefficient (Wildman–Crippen LogP) is 3.70. The molecule has 0 aliphatic heterocycles. The number of carbonyl (C=O) groups excluding carboxylic acids is 1. The van der Waals surface area contributed by atoms with Crippen molar-refractivity contribution < 1.29 is 17.9 Å². The highest BCUT2D eigenvalue weighted by atomic mass is 35.5. The minimum Gasteiger partial charge on any atom is -0.494 e. The van der Waals surface area contributed by atoms with Crippen molar-refractivity contribution in [3.63, 3.8) is 0 Å². The Kier molecular flexibility index (Phi) is 6.88. The van der Waals surface area contributed by atoms with Gasteiger partial charge in [-0.3, -0.25) is 4.79 Å². The zero-order chi connectivity index (χ0) is 19.3. The third-order valence-corrected chi connectivity index (χ3v) is 5.48. The lowest BCUT2D eigenvalue weighted by atomic mass is 10.3. The monoisotopic (exact) mass is 416 g/mol. The second-order valence-corrected chi connectivity index (χ2v) is 7.92. The third kappa shape index (κ3) is 5.35. The van der Waals surface area contributed by atoms with E-state index in [0.717, 1.165) is 0 Å². The Labute approximate surface area is 162 Å². The van der Waals surface area contributed by atoms with E-state index in [1.54, 1.807) is 18.2 Å². The summed E-state index contributed by atoms with van der Waals surface area (Å²) >= 11 is 11.9. The molecule has 0 aliphatic rings. The number of benzene rings is 2. The van der Waals surface area contributed by atoms with Gasteiger partial charge >= 0.3 is 0 Å². The lowest BCUT2D eigenvalue weighted by molar-refractivity contribution is -0.117. The maximum atomic E-state index is 12.4. The van der Waals surface area contributed by atoms with Crippen LogP contribution in [0.3, 0.4) is 0 Å². The number of sulfonamides is 1. The molecule has 2 rings (SSSR count). The number of anilines is 1. The topological polar surface area (TPSA) is 84.5 Å². The van der Waals surface area contributed by atoms with Gasteiger partial charge in [-0.15, -0.1) is 0 Å². The van der Waals surface area contributed by atoms with Gasteiger partial charge in [0.05, 0.1) is 28.3 Å². The minimum absolute atomic E-state index is 0.0291. The molecule has 1 amide bonds. The van der Waals surface area contributed by atoms with Gasteiger partial charge in [0.2, 0.25) is 15.9 Å². The molecule has 0 saturated heterocycles. The maximum absolute atomic E-state index is 12.4. The van der Waals surface area contributed by atoms with Crippen LogP contribution in [0.2, 0.25) is 10.0 Å². The summed E-state index contributed by atoms with van der Waals surface area (Å²) in [5.74, 6) is -0.00322. The molecule has 140 valence electrons. The fourth-order valence-corrected chi connectivity index (χ4v) is 3.61. The number of halogens is 2. The van der Waals surface area contributed by atoms with E-state index < -0.39 is 22.0 Å². The van der Waals surface area contributed by atoms with Gasteiger partial charge in [0, 0.05) is 5.02 Å². The molecule has 0 radical (unpaired) electrons. The van der Waals surface area contributed by atoms with Gasteiger partial charge in [-0.25, -0.2) is 8.42 Å². The normalized spacial score (nSPS) is 12.5. The van der Waals surface area contributed by atoms with E-state index in [4.69, 9.17) is 27.9 Å². The molecule has 9 heteroatoms. The van der Waals surface area contributed by atoms with Gasteiger partial charge in [-0.05, 0) is 56.3 Å². The first-order chi connectivity index (χ1) is 12.2. The van der Waals surface area contributed by atoms with Crippen LogP contribution in [-0.4, -0.2) is 27.0 Å². The summed E-state index contributed by atoms with van der Waals surface area (Å²) in [6.07, 6.45) is 0. The molecule has 2 aromatic carbocycles. The summed E-state index contributed by atoms with van der Waals surface area (Å²) < 4.78 is 32.4. The lowest BCUT2D eigenvalue weighted by Gasteiger charge is -2.15. The standard InChI is InChI=1S/C17H18Cl2N2O4S/c1-3-25-13-5-7-14(8-6-13)26(23,24)21-11(2)17(22)20-16-10-12(18)4-9-15(16)19/h4-11,21H,3H2,1-2H3,(H,20,22)/t11-/m0/s1. The van der Waals surface area contributed by atoms with E-state index in [1.165, 1.54) is 31.2 Å². The Morgan fingerprint density at radius 3 is 2.42 bits per heavy atom. The van der Waals surface area contributed by atoms with Gasteiger partial charge in [-0.1, -0.05) is 23.2 Å². The highest BCUT2D eigenvalue weighted by Crippen LogP contribution is 2.25. The maximum Gasteiger partial charge on any atom is 0.242 e. The van der Waals surface area contributed by atoms with Gasteiger partial charge in [0.15, 0.2) is 0 Å². The first-order valence-corrected chi connectivity index (χ1v) is 9.98. The van der Waals surface area contributed by atoms with Crippen LogP contribution in [0.1, 0.15) is 13.8 Å². The first kappa shape index (κ1) is 20.5. The van der Waals surface area contributed by atoms with Crippen molar-refractivity contribution in [2.75, 3.05) is 11.9 Å². The van der Waals surface area contributed by atoms with Crippen LogP contribution in [0, 0.1) is 0 Å². The predicted molar refractivity (Wildman–Crippen MR) is 102 cm³/mol. The van der Waals surface area contributed by atoms with Crippen LogP contribution in [0.15, 0.2) is 47.4 Å². The minimum atomic E-state index is -3.87. The number of rotatable bonds is 7. The van der Waals surface area contributed by atoms with E-state index in [2.05, 4.69) is 10.0 Å². The van der Waals surface area contributed by atoms with Crippen molar-refractivity contribution in [3.8, 4) is 5.75 Å². The van der Waals surface area contributed by atoms with Crippen LogP contribution >= 0.6 is 23.2 Å². The molecule has 2 aromatic rings. The Morgan fingerprint density at radius 2 is 1.81 bits per heavy atom. The number of hydrogen-bond acceptors (Lipinski definition) is 4. The molecule has 0 bridgehead atoms. The number of ether oxygens (including phenoxy) is 1. The van der Waals surface area contributed by atoms with E-state index in [9.17, 15) is 13.2 Å². The molecule has 0 heterocycles. The number of carbonyl (C=O) groups is 1. The SMILES string of the molecule is CCOc1ccc(S(=O)(=O)N[C@@H](C)C(=O)Nc2cc(Cl)ccc2Cl)cc1. The fourth-order valence-electron chi connectivity index (χ4n) is 2.07. The summed E-state index contributed by atoms with van der Waals surface area (Å²) in [7, 11) is -3.87. The van der Waals surface area contributed by atoms with E-state index in [0.29, 0.717) is 28.1 Å². The summed E-state index contributed by atoms with van der Waals surface area (Å²) in [6, 6.07) is 9.49. The van der Waals surface area contributed by atoms with Crippen molar-refractivity contribution in [2.24, 2.45) is 0 Å². The van der Waals surface area contributed by atoms with Gasteiger partial charge in [0.25, 0.3) is 0 Å². The fraction of sp³-hybridized carbons (Fsp3) is 0.235. The van der Waals surface area contributed by atoms with Gasteiger partial charge < -0.3 is 10.1 Å². The van der Waals surface area contributed by atoms with Crippen LogP contribution in [0.4, 0.5) is 5.69 Å². The Hall–Kier alpha value is -1.80. The van der Waals surface area contributed by atoms with Crippen molar-refractivity contribution in [2.45, 2.75) is 24.8 Å². The second kappa shape index (κ2) is 8.73. The molecular formula is C17H18Cl2N2O4S. The highest BCUT2D eigenvalue weighted by molar-refractivity contribution is 7.89. The molecule has 26 heavy (non-hydrogen) atoms. The zero-order valence-electron chi connectivity index (χ0n) is 14.1. The summed E-state index contributed by atoms with van der Waals surface area (Å²) in [5.41, 5.74) is 0.302. The zero-order valence-corrected chi connectivity index (χ0v) is 16.5. The average molecular weight is 417 g/mol. The van der Waals surface area contributed by atoms with Crippen LogP contribution in [0.25, 0.3) is 0 Å². The summed E-state index contributed by atoms with van der Waals surface area (Å²) in [6.45, 7) is 3.74. The van der Waals surface area contributed by atoms with Crippen LogP contribution < -0.4 is 14.8 Å². The molecule has 0 fully saturated rings. The van der Waals surface area contributed by atoms with Crippen molar-refractivity contribution in [1.82, 2.24) is 4.72 Å². The van der Waals surface area contributed by atoms with Crippen molar-refractivity contribution in [3.05, 3.63) is 52.5 Å². The van der Waals surface area contributed by atoms with Crippen LogP contribution in [-0.2, 0) is 14.8 Å². The summed E-state index contributed by atoms with van der Waals surface area (Å²) in [4.78, 5) is 12.3. The van der Waals surface area contributed by atoms with E-state index in [1.807, 2.05) is 6.92 Å². The van der Waals surface area contributed by atoms with Crippen LogP contribution in [0.5, 0.6) is 5.75 Å². The smallest absolute Gasteiger partial charge is 0.242 e. The molecule has 0 unspecified atom stereocenters. The number of hydrogen-bond donors (Lipinski definition) is 2. The number of nitrogens with one attached hydrogen (secondary N) is 2. The van der Waals surface area contributed by atoms with Gasteiger partial charge in [0.1, 0.15) is 5.75 Å². The lowest BCUT2D eigenvalue weighted by Crippen LogP contribution is -2.41. The molecule has 2 N–H and O–H groups in total. The Bertz CT molecular complexity index is 886. The highest BCUT2D eigenvalue weighted by Gasteiger charge is 2.22. The van der Waals surface area contributed by atoms with E-state index >= 15 is 0 Å². The van der Waals surface area contributed by atoms with Crippen molar-refractivity contribution in [1.29, 1.82) is 0 Å². The van der Waals surface area contributed by atoms with Gasteiger partial charge in [-0.2, -0.15) is 4.72 Å².